The fourth-order valence-electron chi connectivity index (χ4n) is 1.67. The van der Waals surface area contributed by atoms with Crippen LogP contribution in [-0.2, 0) is 14.4 Å². The topological polar surface area (TPSA) is 75.6 Å². The summed E-state index contributed by atoms with van der Waals surface area (Å²) < 4.78 is 0. The summed E-state index contributed by atoms with van der Waals surface area (Å²) in [4.78, 5) is 27.4. The molecule has 2 N–H and O–H groups in total. The fourth-order valence-corrected chi connectivity index (χ4v) is 1.67. The SMILES string of the molecule is CC(C)(CC(=O)NOC1CCCC1)C(=O)O. The number of hydroxylamine groups is 1. The summed E-state index contributed by atoms with van der Waals surface area (Å²) in [5.74, 6) is -1.36. The molecule has 1 fully saturated rings. The quantitative estimate of drug-likeness (QED) is 0.700. The lowest BCUT2D eigenvalue weighted by atomic mass is 9.89. The number of aliphatic carboxylic acids is 1. The molecule has 0 radical (unpaired) electrons. The number of carbonyl (C=O) groups excluding carboxylic acids is 1. The maximum Gasteiger partial charge on any atom is 0.309 e. The Bertz CT molecular complexity index is 269. The first-order valence-corrected chi connectivity index (χ1v) is 5.60. The summed E-state index contributed by atoms with van der Waals surface area (Å²) in [6, 6.07) is 0. The van der Waals surface area contributed by atoms with Crippen molar-refractivity contribution in [2.24, 2.45) is 5.41 Å². The Balaban J connectivity index is 2.27. The van der Waals surface area contributed by atoms with E-state index >= 15 is 0 Å². The third-order valence-corrected chi connectivity index (χ3v) is 2.82. The zero-order valence-corrected chi connectivity index (χ0v) is 9.78. The highest BCUT2D eigenvalue weighted by molar-refractivity contribution is 5.83. The number of carbonyl (C=O) groups is 2. The van der Waals surface area contributed by atoms with E-state index in [4.69, 9.17) is 9.94 Å². The van der Waals surface area contributed by atoms with Gasteiger partial charge in [-0.05, 0) is 26.7 Å². The molecule has 1 saturated carbocycles. The van der Waals surface area contributed by atoms with Crippen molar-refractivity contribution in [1.29, 1.82) is 0 Å². The second-order valence-corrected chi connectivity index (χ2v) is 4.92. The van der Waals surface area contributed by atoms with E-state index in [1.807, 2.05) is 0 Å². The first kappa shape index (κ1) is 13.0. The van der Waals surface area contributed by atoms with Gasteiger partial charge in [0, 0.05) is 6.42 Å². The summed E-state index contributed by atoms with van der Waals surface area (Å²) in [5, 5.41) is 8.85. The van der Waals surface area contributed by atoms with E-state index in [0.717, 1.165) is 25.7 Å². The molecule has 0 heterocycles. The van der Waals surface area contributed by atoms with Gasteiger partial charge in [-0.15, -0.1) is 0 Å². The molecule has 1 aliphatic carbocycles. The van der Waals surface area contributed by atoms with Gasteiger partial charge in [0.25, 0.3) is 0 Å². The second kappa shape index (κ2) is 5.30. The summed E-state index contributed by atoms with van der Waals surface area (Å²) >= 11 is 0. The molecule has 92 valence electrons. The van der Waals surface area contributed by atoms with Crippen LogP contribution in [0, 0.1) is 5.41 Å². The molecule has 1 rings (SSSR count). The molecule has 0 bridgehead atoms. The van der Waals surface area contributed by atoms with Gasteiger partial charge >= 0.3 is 5.97 Å². The predicted octanol–water partition coefficient (Wildman–Crippen LogP) is 1.48. The molecule has 0 aromatic carbocycles. The van der Waals surface area contributed by atoms with Crippen LogP contribution in [0.2, 0.25) is 0 Å². The van der Waals surface area contributed by atoms with Gasteiger partial charge in [0.05, 0.1) is 11.5 Å². The zero-order chi connectivity index (χ0) is 12.2. The molecule has 0 atom stereocenters. The van der Waals surface area contributed by atoms with Crippen molar-refractivity contribution in [3.8, 4) is 0 Å². The Morgan fingerprint density at radius 3 is 2.44 bits per heavy atom. The van der Waals surface area contributed by atoms with Crippen molar-refractivity contribution >= 4 is 11.9 Å². The lowest BCUT2D eigenvalue weighted by Crippen LogP contribution is -2.35. The Labute approximate surface area is 95.1 Å². The Hall–Kier alpha value is -1.10. The molecule has 5 nitrogen and oxygen atoms in total. The average molecular weight is 229 g/mol. The van der Waals surface area contributed by atoms with E-state index in [0.29, 0.717) is 0 Å². The highest BCUT2D eigenvalue weighted by Gasteiger charge is 2.30. The van der Waals surface area contributed by atoms with Crippen LogP contribution in [0.1, 0.15) is 46.0 Å². The van der Waals surface area contributed by atoms with Gasteiger partial charge in [0.1, 0.15) is 0 Å². The first-order valence-electron chi connectivity index (χ1n) is 5.60. The van der Waals surface area contributed by atoms with Gasteiger partial charge in [0.2, 0.25) is 5.91 Å². The number of hydrogen-bond acceptors (Lipinski definition) is 3. The van der Waals surface area contributed by atoms with E-state index in [1.54, 1.807) is 0 Å². The largest absolute Gasteiger partial charge is 0.481 e. The molecule has 0 aromatic heterocycles. The van der Waals surface area contributed by atoms with Crippen LogP contribution in [0.15, 0.2) is 0 Å². The van der Waals surface area contributed by atoms with Gasteiger partial charge in [-0.25, -0.2) is 5.48 Å². The highest BCUT2D eigenvalue weighted by atomic mass is 16.7. The standard InChI is InChI=1S/C11H19NO4/c1-11(2,10(14)15)7-9(13)12-16-8-5-3-4-6-8/h8H,3-7H2,1-2H3,(H,12,13)(H,14,15). The summed E-state index contributed by atoms with van der Waals surface area (Å²) in [5.41, 5.74) is 1.28. The van der Waals surface area contributed by atoms with Gasteiger partial charge in [-0.1, -0.05) is 12.8 Å². The molecule has 0 aromatic rings. The van der Waals surface area contributed by atoms with Gasteiger partial charge in [0.15, 0.2) is 0 Å². The van der Waals surface area contributed by atoms with Gasteiger partial charge in [-0.2, -0.15) is 0 Å². The van der Waals surface area contributed by atoms with Crippen molar-refractivity contribution < 1.29 is 19.5 Å². The second-order valence-electron chi connectivity index (χ2n) is 4.92. The van der Waals surface area contributed by atoms with Crippen LogP contribution >= 0.6 is 0 Å². The van der Waals surface area contributed by atoms with Gasteiger partial charge < -0.3 is 5.11 Å². The molecule has 0 spiro atoms. The summed E-state index contributed by atoms with van der Waals surface area (Å²) in [6.45, 7) is 3.04. The highest BCUT2D eigenvalue weighted by Crippen LogP contribution is 2.22. The molecular formula is C11H19NO4. The monoisotopic (exact) mass is 229 g/mol. The minimum atomic E-state index is -1.05. The fraction of sp³-hybridized carbons (Fsp3) is 0.818. The van der Waals surface area contributed by atoms with Crippen molar-refractivity contribution in [2.45, 2.75) is 52.1 Å². The van der Waals surface area contributed by atoms with E-state index in [2.05, 4.69) is 5.48 Å². The van der Waals surface area contributed by atoms with Crippen LogP contribution < -0.4 is 5.48 Å². The smallest absolute Gasteiger partial charge is 0.309 e. The minimum absolute atomic E-state index is 0.0744. The summed E-state index contributed by atoms with van der Waals surface area (Å²) in [7, 11) is 0. The van der Waals surface area contributed by atoms with E-state index < -0.39 is 11.4 Å². The molecule has 0 saturated heterocycles. The number of amides is 1. The van der Waals surface area contributed by atoms with Crippen molar-refractivity contribution in [1.82, 2.24) is 5.48 Å². The first-order chi connectivity index (χ1) is 7.42. The van der Waals surface area contributed by atoms with Crippen LogP contribution in [-0.4, -0.2) is 23.1 Å². The average Bonchev–Trinajstić information content (AvgIpc) is 2.66. The molecule has 1 amide bonds. The Morgan fingerprint density at radius 2 is 1.94 bits per heavy atom. The third-order valence-electron chi connectivity index (χ3n) is 2.82. The molecule has 0 unspecified atom stereocenters. The van der Waals surface area contributed by atoms with Crippen molar-refractivity contribution in [2.75, 3.05) is 0 Å². The molecular weight excluding hydrogens is 210 g/mol. The minimum Gasteiger partial charge on any atom is -0.481 e. The maximum atomic E-state index is 11.4. The van der Waals surface area contributed by atoms with Crippen LogP contribution in [0.5, 0.6) is 0 Å². The van der Waals surface area contributed by atoms with Crippen molar-refractivity contribution in [3.63, 3.8) is 0 Å². The lowest BCUT2D eigenvalue weighted by molar-refractivity contribution is -0.153. The Kier molecular flexibility index (Phi) is 4.29. The number of carboxylic acids is 1. The number of rotatable bonds is 5. The van der Waals surface area contributed by atoms with Crippen molar-refractivity contribution in [3.05, 3.63) is 0 Å². The van der Waals surface area contributed by atoms with E-state index in [1.165, 1.54) is 13.8 Å². The Morgan fingerprint density at radius 1 is 1.38 bits per heavy atom. The van der Waals surface area contributed by atoms with E-state index in [-0.39, 0.29) is 18.4 Å². The maximum absolute atomic E-state index is 11.4. The molecule has 0 aliphatic heterocycles. The number of nitrogens with one attached hydrogen (secondary N) is 1. The van der Waals surface area contributed by atoms with Crippen LogP contribution in [0.4, 0.5) is 0 Å². The molecule has 16 heavy (non-hydrogen) atoms. The normalized spacial score (nSPS) is 17.4. The van der Waals surface area contributed by atoms with E-state index in [9.17, 15) is 9.59 Å². The lowest BCUT2D eigenvalue weighted by Gasteiger charge is -2.19. The predicted molar refractivity (Wildman–Crippen MR) is 57.5 cm³/mol. The number of hydrogen-bond donors (Lipinski definition) is 2. The van der Waals surface area contributed by atoms with Crippen LogP contribution in [0.3, 0.4) is 0 Å². The molecule has 1 aliphatic rings. The summed E-state index contributed by atoms with van der Waals surface area (Å²) in [6.07, 6.45) is 4.19. The number of carboxylic acid groups (broad SMARTS) is 1. The van der Waals surface area contributed by atoms with Gasteiger partial charge in [-0.3, -0.25) is 14.4 Å². The zero-order valence-electron chi connectivity index (χ0n) is 9.78. The molecule has 5 heteroatoms. The third kappa shape index (κ3) is 3.81. The van der Waals surface area contributed by atoms with Crippen LogP contribution in [0.25, 0.3) is 0 Å².